The third-order valence-corrected chi connectivity index (χ3v) is 3.74. The van der Waals surface area contributed by atoms with Gasteiger partial charge in [0, 0.05) is 5.69 Å². The van der Waals surface area contributed by atoms with Gasteiger partial charge >= 0.3 is 5.97 Å². The molecule has 2 aromatic carbocycles. The number of benzene rings is 2. The van der Waals surface area contributed by atoms with Gasteiger partial charge in [0.2, 0.25) is 0 Å². The van der Waals surface area contributed by atoms with Crippen LogP contribution in [0.1, 0.15) is 40.5 Å². The van der Waals surface area contributed by atoms with Crippen LogP contribution >= 0.6 is 0 Å². The van der Waals surface area contributed by atoms with Crippen LogP contribution in [0.3, 0.4) is 0 Å². The molecule has 0 aromatic heterocycles. The van der Waals surface area contributed by atoms with Crippen molar-refractivity contribution in [1.82, 2.24) is 0 Å². The molecule has 0 saturated heterocycles. The maximum atomic E-state index is 12.7. The highest BCUT2D eigenvalue weighted by atomic mass is 16.5. The number of ether oxygens (including phenoxy) is 3. The van der Waals surface area contributed by atoms with Gasteiger partial charge in [-0.2, -0.15) is 0 Å². The van der Waals surface area contributed by atoms with E-state index >= 15 is 0 Å². The van der Waals surface area contributed by atoms with Crippen molar-refractivity contribution in [1.29, 1.82) is 0 Å². The zero-order valence-corrected chi connectivity index (χ0v) is 15.2. The molecule has 0 aliphatic rings. The van der Waals surface area contributed by atoms with Crippen LogP contribution in [0.15, 0.2) is 42.5 Å². The molecule has 0 radical (unpaired) electrons. The number of hydrogen-bond donors (Lipinski definition) is 1. The highest BCUT2D eigenvalue weighted by Gasteiger charge is 2.18. The predicted octanol–water partition coefficient (Wildman–Crippen LogP) is 3.91. The molecule has 0 bridgehead atoms. The summed E-state index contributed by atoms with van der Waals surface area (Å²) < 4.78 is 15.7. The SMILES string of the molecule is CCCCOC(=O)c1cccc(NC(=O)c2c(OC)cccc2OC)c1. The van der Waals surface area contributed by atoms with E-state index < -0.39 is 11.9 Å². The molecule has 0 aliphatic carbocycles. The lowest BCUT2D eigenvalue weighted by Gasteiger charge is -2.13. The van der Waals surface area contributed by atoms with E-state index in [0.29, 0.717) is 29.4 Å². The normalized spacial score (nSPS) is 10.1. The van der Waals surface area contributed by atoms with Crippen molar-refractivity contribution in [3.8, 4) is 11.5 Å². The molecule has 0 aliphatic heterocycles. The van der Waals surface area contributed by atoms with Gasteiger partial charge in [-0.25, -0.2) is 4.79 Å². The average Bonchev–Trinajstić information content (AvgIpc) is 2.67. The molecule has 138 valence electrons. The summed E-state index contributed by atoms with van der Waals surface area (Å²) in [6, 6.07) is 11.7. The Morgan fingerprint density at radius 1 is 1.00 bits per heavy atom. The Kier molecular flexibility index (Phi) is 7.02. The standard InChI is InChI=1S/C20H23NO5/c1-4-5-12-26-20(23)14-8-6-9-15(13-14)21-19(22)18-16(24-2)10-7-11-17(18)25-3/h6-11,13H,4-5,12H2,1-3H3,(H,21,22). The van der Waals surface area contributed by atoms with E-state index in [0.717, 1.165) is 12.8 Å². The van der Waals surface area contributed by atoms with Crippen molar-refractivity contribution < 1.29 is 23.8 Å². The average molecular weight is 357 g/mol. The molecule has 26 heavy (non-hydrogen) atoms. The van der Waals surface area contributed by atoms with Crippen LogP contribution in [0.4, 0.5) is 5.69 Å². The monoisotopic (exact) mass is 357 g/mol. The first-order valence-corrected chi connectivity index (χ1v) is 8.40. The first-order valence-electron chi connectivity index (χ1n) is 8.40. The van der Waals surface area contributed by atoms with Crippen LogP contribution in [0, 0.1) is 0 Å². The van der Waals surface area contributed by atoms with Gasteiger partial charge in [0.15, 0.2) is 0 Å². The molecule has 0 heterocycles. The number of anilines is 1. The molecule has 6 nitrogen and oxygen atoms in total. The summed E-state index contributed by atoms with van der Waals surface area (Å²) in [7, 11) is 2.97. The fraction of sp³-hybridized carbons (Fsp3) is 0.300. The number of amides is 1. The predicted molar refractivity (Wildman–Crippen MR) is 99.1 cm³/mol. The lowest BCUT2D eigenvalue weighted by molar-refractivity contribution is 0.0499. The Hall–Kier alpha value is -3.02. The van der Waals surface area contributed by atoms with Crippen LogP contribution in [0.25, 0.3) is 0 Å². The molecule has 0 fully saturated rings. The maximum absolute atomic E-state index is 12.7. The van der Waals surface area contributed by atoms with Gasteiger partial charge in [0.1, 0.15) is 17.1 Å². The van der Waals surface area contributed by atoms with Crippen molar-refractivity contribution in [2.75, 3.05) is 26.1 Å². The minimum absolute atomic E-state index is 0.286. The summed E-state index contributed by atoms with van der Waals surface area (Å²) in [6.45, 7) is 2.40. The number of carbonyl (C=O) groups excluding carboxylic acids is 2. The van der Waals surface area contributed by atoms with E-state index in [-0.39, 0.29) is 5.56 Å². The number of methoxy groups -OCH3 is 2. The van der Waals surface area contributed by atoms with Crippen molar-refractivity contribution >= 4 is 17.6 Å². The number of carbonyl (C=O) groups is 2. The van der Waals surface area contributed by atoms with Crippen LogP contribution in [0.5, 0.6) is 11.5 Å². The van der Waals surface area contributed by atoms with Crippen LogP contribution in [-0.4, -0.2) is 32.7 Å². The van der Waals surface area contributed by atoms with E-state index in [1.165, 1.54) is 14.2 Å². The van der Waals surface area contributed by atoms with Crippen LogP contribution < -0.4 is 14.8 Å². The van der Waals surface area contributed by atoms with Crippen LogP contribution in [0.2, 0.25) is 0 Å². The number of esters is 1. The lowest BCUT2D eigenvalue weighted by atomic mass is 10.1. The van der Waals surface area contributed by atoms with Gasteiger partial charge in [-0.1, -0.05) is 25.5 Å². The summed E-state index contributed by atoms with van der Waals surface area (Å²) in [5.74, 6) is -0.00539. The minimum atomic E-state index is -0.413. The van der Waals surface area contributed by atoms with Crippen molar-refractivity contribution in [3.05, 3.63) is 53.6 Å². The maximum Gasteiger partial charge on any atom is 0.338 e. The summed E-state index contributed by atoms with van der Waals surface area (Å²) >= 11 is 0. The van der Waals surface area contributed by atoms with Crippen LogP contribution in [-0.2, 0) is 4.74 Å². The fourth-order valence-corrected chi connectivity index (χ4v) is 2.39. The van der Waals surface area contributed by atoms with Gasteiger partial charge in [0.05, 0.1) is 26.4 Å². The van der Waals surface area contributed by atoms with Gasteiger partial charge in [-0.3, -0.25) is 4.79 Å². The summed E-state index contributed by atoms with van der Waals surface area (Å²) in [5, 5.41) is 2.76. The second-order valence-corrected chi connectivity index (χ2v) is 5.56. The molecule has 0 spiro atoms. The molecule has 2 aromatic rings. The molecule has 2 rings (SSSR count). The highest BCUT2D eigenvalue weighted by Crippen LogP contribution is 2.29. The zero-order chi connectivity index (χ0) is 18.9. The van der Waals surface area contributed by atoms with Gasteiger partial charge in [-0.05, 0) is 36.8 Å². The largest absolute Gasteiger partial charge is 0.496 e. The smallest absolute Gasteiger partial charge is 0.338 e. The van der Waals surface area contributed by atoms with Crippen molar-refractivity contribution in [3.63, 3.8) is 0 Å². The Bertz CT molecular complexity index is 750. The Balaban J connectivity index is 2.18. The second kappa shape index (κ2) is 9.46. The van der Waals surface area contributed by atoms with E-state index in [9.17, 15) is 9.59 Å². The topological polar surface area (TPSA) is 73.9 Å². The number of nitrogens with one attached hydrogen (secondary N) is 1. The third-order valence-electron chi connectivity index (χ3n) is 3.74. The summed E-state index contributed by atoms with van der Waals surface area (Å²) in [6.07, 6.45) is 1.76. The molecular formula is C20H23NO5. The summed E-state index contributed by atoms with van der Waals surface area (Å²) in [4.78, 5) is 24.7. The molecule has 1 amide bonds. The Labute approximate surface area is 153 Å². The first kappa shape index (κ1) is 19.3. The van der Waals surface area contributed by atoms with Gasteiger partial charge in [-0.15, -0.1) is 0 Å². The van der Waals surface area contributed by atoms with Gasteiger partial charge < -0.3 is 19.5 Å². The quantitative estimate of drug-likeness (QED) is 0.573. The molecular weight excluding hydrogens is 334 g/mol. The second-order valence-electron chi connectivity index (χ2n) is 5.56. The number of rotatable bonds is 8. The van der Waals surface area contributed by atoms with E-state index in [2.05, 4.69) is 5.32 Å². The molecule has 1 N–H and O–H groups in total. The molecule has 0 saturated carbocycles. The summed E-state index contributed by atoms with van der Waals surface area (Å²) in [5.41, 5.74) is 1.15. The molecule has 0 unspecified atom stereocenters. The van der Waals surface area contributed by atoms with Gasteiger partial charge in [0.25, 0.3) is 5.91 Å². The van der Waals surface area contributed by atoms with E-state index in [4.69, 9.17) is 14.2 Å². The Morgan fingerprint density at radius 2 is 1.65 bits per heavy atom. The molecule has 0 atom stereocenters. The van der Waals surface area contributed by atoms with Crippen molar-refractivity contribution in [2.24, 2.45) is 0 Å². The van der Waals surface area contributed by atoms with E-state index in [1.54, 1.807) is 42.5 Å². The Morgan fingerprint density at radius 3 is 2.27 bits per heavy atom. The zero-order valence-electron chi connectivity index (χ0n) is 15.2. The fourth-order valence-electron chi connectivity index (χ4n) is 2.39. The number of unbranched alkanes of at least 4 members (excludes halogenated alkanes) is 1. The molecule has 6 heteroatoms. The lowest BCUT2D eigenvalue weighted by Crippen LogP contribution is -2.15. The third kappa shape index (κ3) is 4.75. The number of hydrogen-bond acceptors (Lipinski definition) is 5. The minimum Gasteiger partial charge on any atom is -0.496 e. The van der Waals surface area contributed by atoms with Crippen molar-refractivity contribution in [2.45, 2.75) is 19.8 Å². The first-order chi connectivity index (χ1) is 12.6. The highest BCUT2D eigenvalue weighted by molar-refractivity contribution is 6.08. The van der Waals surface area contributed by atoms with E-state index in [1.807, 2.05) is 6.92 Å².